The molecule has 92 valence electrons. The van der Waals surface area contributed by atoms with Gasteiger partial charge in [0.2, 0.25) is 5.91 Å². The Morgan fingerprint density at radius 3 is 2.94 bits per heavy atom. The summed E-state index contributed by atoms with van der Waals surface area (Å²) in [5.74, 6) is -0.355. The van der Waals surface area contributed by atoms with Gasteiger partial charge in [-0.05, 0) is 17.2 Å². The lowest BCUT2D eigenvalue weighted by atomic mass is 10.1. The van der Waals surface area contributed by atoms with Crippen molar-refractivity contribution in [2.75, 3.05) is 11.4 Å². The van der Waals surface area contributed by atoms with E-state index in [4.69, 9.17) is 11.0 Å². The number of nitriles is 1. The lowest BCUT2D eigenvalue weighted by Crippen LogP contribution is -2.32. The Balaban J connectivity index is 2.23. The van der Waals surface area contributed by atoms with Gasteiger partial charge in [-0.15, -0.1) is 0 Å². The summed E-state index contributed by atoms with van der Waals surface area (Å²) in [6, 6.07) is 7.34. The Labute approximate surface area is 105 Å². The molecular formula is C13H13N3O2. The minimum Gasteiger partial charge on any atom is -0.326 e. The number of Topliss-reactive ketones (excluding diaryl/α,β-unsaturated/α-hetero) is 1. The molecule has 2 rings (SSSR count). The molecule has 1 heterocycles. The van der Waals surface area contributed by atoms with Crippen LogP contribution in [0.2, 0.25) is 0 Å². The first-order valence-electron chi connectivity index (χ1n) is 5.66. The van der Waals surface area contributed by atoms with Crippen molar-refractivity contribution in [2.45, 2.75) is 19.4 Å². The van der Waals surface area contributed by atoms with E-state index in [0.29, 0.717) is 13.0 Å². The van der Waals surface area contributed by atoms with Crippen molar-refractivity contribution in [3.05, 3.63) is 29.3 Å². The van der Waals surface area contributed by atoms with Gasteiger partial charge in [-0.25, -0.2) is 0 Å². The number of nitrogens with two attached hydrogens (primary N) is 1. The summed E-state index contributed by atoms with van der Waals surface area (Å²) >= 11 is 0. The molecule has 1 aromatic rings. The number of anilines is 1. The van der Waals surface area contributed by atoms with Crippen molar-refractivity contribution < 1.29 is 9.59 Å². The third-order valence-electron chi connectivity index (χ3n) is 2.92. The number of benzene rings is 1. The summed E-state index contributed by atoms with van der Waals surface area (Å²) in [6.07, 6.45) is 0.128. The zero-order valence-electron chi connectivity index (χ0n) is 9.85. The fourth-order valence-corrected chi connectivity index (χ4v) is 2.06. The molecule has 1 amide bonds. The maximum atomic E-state index is 11.8. The summed E-state index contributed by atoms with van der Waals surface area (Å²) < 4.78 is 0. The molecule has 5 heteroatoms. The van der Waals surface area contributed by atoms with Gasteiger partial charge in [0.25, 0.3) is 0 Å². The van der Waals surface area contributed by atoms with E-state index in [1.165, 1.54) is 4.90 Å². The minimum atomic E-state index is -0.249. The number of carbonyl (C=O) groups excluding carboxylic acids is 2. The summed E-state index contributed by atoms with van der Waals surface area (Å²) in [6.45, 7) is 0.399. The molecule has 1 aliphatic rings. The van der Waals surface area contributed by atoms with Crippen molar-refractivity contribution in [2.24, 2.45) is 5.73 Å². The third-order valence-corrected chi connectivity index (χ3v) is 2.92. The van der Waals surface area contributed by atoms with Crippen molar-refractivity contribution >= 4 is 17.4 Å². The smallest absolute Gasteiger partial charge is 0.231 e. The van der Waals surface area contributed by atoms with Crippen LogP contribution >= 0.6 is 0 Å². The van der Waals surface area contributed by atoms with Gasteiger partial charge >= 0.3 is 0 Å². The van der Waals surface area contributed by atoms with Crippen molar-refractivity contribution in [3.8, 4) is 6.07 Å². The van der Waals surface area contributed by atoms with Crippen LogP contribution in [0.3, 0.4) is 0 Å². The molecule has 0 saturated carbocycles. The molecule has 0 saturated heterocycles. The van der Waals surface area contributed by atoms with Gasteiger partial charge in [0.1, 0.15) is 0 Å². The zero-order valence-corrected chi connectivity index (χ0v) is 9.85. The average Bonchev–Trinajstić information content (AvgIpc) is 2.65. The zero-order chi connectivity index (χ0) is 13.1. The second kappa shape index (κ2) is 4.98. The Morgan fingerprint density at radius 1 is 1.50 bits per heavy atom. The second-order valence-corrected chi connectivity index (χ2v) is 4.20. The molecule has 2 N–H and O–H groups in total. The summed E-state index contributed by atoms with van der Waals surface area (Å²) in [5.41, 5.74) is 8.16. The molecule has 0 unspecified atom stereocenters. The highest BCUT2D eigenvalue weighted by molar-refractivity contribution is 6.05. The van der Waals surface area contributed by atoms with Crippen LogP contribution in [-0.2, 0) is 22.6 Å². The molecule has 0 bridgehead atoms. The van der Waals surface area contributed by atoms with Crippen molar-refractivity contribution in [1.29, 1.82) is 5.26 Å². The van der Waals surface area contributed by atoms with E-state index in [2.05, 4.69) is 0 Å². The number of ketones is 1. The van der Waals surface area contributed by atoms with Crippen LogP contribution in [0.15, 0.2) is 18.2 Å². The molecule has 1 aliphatic heterocycles. The maximum Gasteiger partial charge on any atom is 0.231 e. The molecule has 0 atom stereocenters. The van der Waals surface area contributed by atoms with Crippen LogP contribution in [0.4, 0.5) is 5.69 Å². The predicted molar refractivity (Wildman–Crippen MR) is 65.6 cm³/mol. The standard InChI is InChI=1S/C13H13N3O2/c14-4-3-11(17)8-16-12-2-1-9(7-15)5-10(12)6-13(16)18/h1-2,5H,3,6-8,15H2. The van der Waals surface area contributed by atoms with Crippen LogP contribution in [0.5, 0.6) is 0 Å². The van der Waals surface area contributed by atoms with E-state index in [1.54, 1.807) is 6.07 Å². The monoisotopic (exact) mass is 243 g/mol. The lowest BCUT2D eigenvalue weighted by molar-refractivity contribution is -0.121. The fourth-order valence-electron chi connectivity index (χ4n) is 2.06. The van der Waals surface area contributed by atoms with E-state index in [-0.39, 0.29) is 24.7 Å². The highest BCUT2D eigenvalue weighted by Gasteiger charge is 2.28. The van der Waals surface area contributed by atoms with Gasteiger partial charge < -0.3 is 10.6 Å². The molecule has 0 aliphatic carbocycles. The van der Waals surface area contributed by atoms with E-state index >= 15 is 0 Å². The van der Waals surface area contributed by atoms with Gasteiger partial charge in [-0.3, -0.25) is 9.59 Å². The SMILES string of the molecule is N#CCC(=O)CN1C(=O)Cc2cc(CN)ccc21. The first kappa shape index (κ1) is 12.3. The molecule has 0 aromatic heterocycles. The number of hydrogen-bond acceptors (Lipinski definition) is 4. The van der Waals surface area contributed by atoms with Crippen molar-refractivity contribution in [3.63, 3.8) is 0 Å². The van der Waals surface area contributed by atoms with Gasteiger partial charge in [0, 0.05) is 12.2 Å². The van der Waals surface area contributed by atoms with Crippen LogP contribution in [0.1, 0.15) is 17.5 Å². The topological polar surface area (TPSA) is 87.2 Å². The quantitative estimate of drug-likeness (QED) is 0.835. The van der Waals surface area contributed by atoms with Gasteiger partial charge in [0.05, 0.1) is 25.5 Å². The normalized spacial score (nSPS) is 13.3. The highest BCUT2D eigenvalue weighted by atomic mass is 16.2. The first-order chi connectivity index (χ1) is 8.65. The fraction of sp³-hybridized carbons (Fsp3) is 0.308. The van der Waals surface area contributed by atoms with Gasteiger partial charge in [-0.1, -0.05) is 12.1 Å². The number of nitrogens with zero attached hydrogens (tertiary/aromatic N) is 2. The van der Waals surface area contributed by atoms with E-state index in [9.17, 15) is 9.59 Å². The average molecular weight is 243 g/mol. The first-order valence-corrected chi connectivity index (χ1v) is 5.66. The number of carbonyl (C=O) groups is 2. The summed E-state index contributed by atoms with van der Waals surface area (Å²) in [5, 5.41) is 8.45. The Morgan fingerprint density at radius 2 is 2.28 bits per heavy atom. The summed E-state index contributed by atoms with van der Waals surface area (Å²) in [7, 11) is 0. The maximum absolute atomic E-state index is 11.8. The van der Waals surface area contributed by atoms with Crippen molar-refractivity contribution in [1.82, 2.24) is 0 Å². The van der Waals surface area contributed by atoms with E-state index in [1.807, 2.05) is 18.2 Å². The Hall–Kier alpha value is -2.19. The molecule has 0 radical (unpaired) electrons. The van der Waals surface area contributed by atoms with E-state index in [0.717, 1.165) is 16.8 Å². The van der Waals surface area contributed by atoms with E-state index < -0.39 is 0 Å². The number of hydrogen-bond donors (Lipinski definition) is 1. The Kier molecular flexibility index (Phi) is 3.40. The van der Waals surface area contributed by atoms with Crippen LogP contribution in [0, 0.1) is 11.3 Å². The molecule has 0 fully saturated rings. The van der Waals surface area contributed by atoms with Crippen LogP contribution in [-0.4, -0.2) is 18.2 Å². The predicted octanol–water partition coefficient (Wildman–Crippen LogP) is 0.517. The molecule has 1 aromatic carbocycles. The minimum absolute atomic E-state index is 0.0264. The second-order valence-electron chi connectivity index (χ2n) is 4.20. The largest absolute Gasteiger partial charge is 0.326 e. The molecular weight excluding hydrogens is 230 g/mol. The molecule has 18 heavy (non-hydrogen) atoms. The van der Waals surface area contributed by atoms with Gasteiger partial charge in [-0.2, -0.15) is 5.26 Å². The highest BCUT2D eigenvalue weighted by Crippen LogP contribution is 2.29. The van der Waals surface area contributed by atoms with Crippen LogP contribution < -0.4 is 10.6 Å². The molecule has 5 nitrogen and oxygen atoms in total. The number of amides is 1. The third kappa shape index (κ3) is 2.24. The number of rotatable bonds is 4. The number of fused-ring (bicyclic) bond motifs is 1. The lowest BCUT2D eigenvalue weighted by Gasteiger charge is -2.16. The molecule has 0 spiro atoms. The Bertz CT molecular complexity index is 546. The summed E-state index contributed by atoms with van der Waals surface area (Å²) in [4.78, 5) is 24.7. The van der Waals surface area contributed by atoms with Crippen LogP contribution in [0.25, 0.3) is 0 Å². The van der Waals surface area contributed by atoms with Gasteiger partial charge in [0.15, 0.2) is 5.78 Å².